The van der Waals surface area contributed by atoms with E-state index < -0.39 is 6.10 Å². The summed E-state index contributed by atoms with van der Waals surface area (Å²) in [6, 6.07) is 13.0. The first-order valence-corrected chi connectivity index (χ1v) is 8.35. The molecule has 1 aromatic heterocycles. The minimum atomic E-state index is -0.486. The number of aromatic nitrogens is 1. The molecule has 5 nitrogen and oxygen atoms in total. The molecule has 1 fully saturated rings. The SMILES string of the molecule is O=C(NC1CCCCC1O)c1ncccc1OCc1ccccc1. The van der Waals surface area contributed by atoms with Crippen molar-refractivity contribution in [2.75, 3.05) is 0 Å². The Hall–Kier alpha value is -2.40. The summed E-state index contributed by atoms with van der Waals surface area (Å²) in [6.07, 6.45) is 4.62. The predicted molar refractivity (Wildman–Crippen MR) is 90.7 cm³/mol. The van der Waals surface area contributed by atoms with Crippen LogP contribution in [0, 0.1) is 0 Å². The molecule has 0 saturated heterocycles. The van der Waals surface area contributed by atoms with Crippen LogP contribution in [-0.2, 0) is 6.61 Å². The van der Waals surface area contributed by atoms with Gasteiger partial charge in [0.25, 0.3) is 5.91 Å². The molecule has 0 radical (unpaired) electrons. The highest BCUT2D eigenvalue weighted by Crippen LogP contribution is 2.21. The zero-order valence-corrected chi connectivity index (χ0v) is 13.5. The lowest BCUT2D eigenvalue weighted by atomic mass is 9.92. The number of aliphatic hydroxyl groups excluding tert-OH is 1. The van der Waals surface area contributed by atoms with Gasteiger partial charge in [-0.3, -0.25) is 4.79 Å². The molecule has 126 valence electrons. The van der Waals surface area contributed by atoms with Gasteiger partial charge >= 0.3 is 0 Å². The maximum Gasteiger partial charge on any atom is 0.274 e. The molecular formula is C19H22N2O3. The molecule has 0 bridgehead atoms. The number of nitrogens with zero attached hydrogens (tertiary/aromatic N) is 1. The molecule has 2 N–H and O–H groups in total. The molecule has 5 heteroatoms. The molecular weight excluding hydrogens is 304 g/mol. The van der Waals surface area contributed by atoms with E-state index in [0.717, 1.165) is 31.2 Å². The minimum Gasteiger partial charge on any atom is -0.486 e. The summed E-state index contributed by atoms with van der Waals surface area (Å²) in [6.45, 7) is 0.374. The fourth-order valence-corrected chi connectivity index (χ4v) is 2.93. The lowest BCUT2D eigenvalue weighted by molar-refractivity contribution is 0.0710. The van der Waals surface area contributed by atoms with Gasteiger partial charge in [0.2, 0.25) is 0 Å². The zero-order valence-electron chi connectivity index (χ0n) is 13.5. The lowest BCUT2D eigenvalue weighted by Gasteiger charge is -2.28. The highest BCUT2D eigenvalue weighted by molar-refractivity contribution is 5.95. The molecule has 1 amide bonds. The van der Waals surface area contributed by atoms with Crippen LogP contribution in [0.3, 0.4) is 0 Å². The number of rotatable bonds is 5. The zero-order chi connectivity index (χ0) is 16.8. The fourth-order valence-electron chi connectivity index (χ4n) is 2.93. The maximum atomic E-state index is 12.5. The van der Waals surface area contributed by atoms with Gasteiger partial charge in [-0.05, 0) is 30.5 Å². The lowest BCUT2D eigenvalue weighted by Crippen LogP contribution is -2.45. The van der Waals surface area contributed by atoms with Gasteiger partial charge in [-0.25, -0.2) is 4.98 Å². The van der Waals surface area contributed by atoms with E-state index in [1.165, 1.54) is 0 Å². The summed E-state index contributed by atoms with van der Waals surface area (Å²) in [5, 5.41) is 12.9. The summed E-state index contributed by atoms with van der Waals surface area (Å²) in [4.78, 5) is 16.7. The number of hydrogen-bond donors (Lipinski definition) is 2. The van der Waals surface area contributed by atoms with Crippen molar-refractivity contribution >= 4 is 5.91 Å². The van der Waals surface area contributed by atoms with E-state index in [-0.39, 0.29) is 17.6 Å². The second kappa shape index (κ2) is 7.93. The third-order valence-corrected chi connectivity index (χ3v) is 4.27. The largest absolute Gasteiger partial charge is 0.486 e. The first kappa shape index (κ1) is 16.5. The maximum absolute atomic E-state index is 12.5. The Morgan fingerprint density at radius 2 is 1.96 bits per heavy atom. The highest BCUT2D eigenvalue weighted by Gasteiger charge is 2.26. The second-order valence-electron chi connectivity index (χ2n) is 6.06. The van der Waals surface area contributed by atoms with E-state index in [0.29, 0.717) is 12.4 Å². The Kier molecular flexibility index (Phi) is 5.43. The van der Waals surface area contributed by atoms with Crippen molar-refractivity contribution in [1.82, 2.24) is 10.3 Å². The summed E-state index contributed by atoms with van der Waals surface area (Å²) < 4.78 is 5.77. The third kappa shape index (κ3) is 4.11. The van der Waals surface area contributed by atoms with Gasteiger partial charge < -0.3 is 15.2 Å². The molecule has 1 saturated carbocycles. The van der Waals surface area contributed by atoms with Gasteiger partial charge in [-0.1, -0.05) is 43.2 Å². The summed E-state index contributed by atoms with van der Waals surface area (Å²) in [5.74, 6) is 0.147. The number of benzene rings is 1. The quantitative estimate of drug-likeness (QED) is 0.886. The van der Waals surface area contributed by atoms with Crippen molar-refractivity contribution in [3.63, 3.8) is 0 Å². The number of carbonyl (C=O) groups excluding carboxylic acids is 1. The molecule has 2 unspecified atom stereocenters. The van der Waals surface area contributed by atoms with Crippen molar-refractivity contribution in [3.8, 4) is 5.75 Å². The average molecular weight is 326 g/mol. The van der Waals surface area contributed by atoms with Gasteiger partial charge in [-0.15, -0.1) is 0 Å². The molecule has 1 heterocycles. The molecule has 0 aliphatic heterocycles. The van der Waals surface area contributed by atoms with Crippen LogP contribution in [0.4, 0.5) is 0 Å². The Labute approximate surface area is 141 Å². The van der Waals surface area contributed by atoms with E-state index in [4.69, 9.17) is 4.74 Å². The summed E-state index contributed by atoms with van der Waals surface area (Å²) in [5.41, 5.74) is 1.28. The molecule has 3 rings (SSSR count). The summed E-state index contributed by atoms with van der Waals surface area (Å²) >= 11 is 0. The molecule has 2 aromatic rings. The number of nitrogens with one attached hydrogen (secondary N) is 1. The molecule has 1 aliphatic rings. The first-order chi connectivity index (χ1) is 11.7. The van der Waals surface area contributed by atoms with Crippen molar-refractivity contribution < 1.29 is 14.6 Å². The van der Waals surface area contributed by atoms with Crippen molar-refractivity contribution in [2.45, 2.75) is 44.4 Å². The normalized spacial score (nSPS) is 20.4. The average Bonchev–Trinajstić information content (AvgIpc) is 2.63. The number of aliphatic hydroxyl groups is 1. The number of carbonyl (C=O) groups is 1. The highest BCUT2D eigenvalue weighted by atomic mass is 16.5. The second-order valence-corrected chi connectivity index (χ2v) is 6.06. The standard InChI is InChI=1S/C19H22N2O3/c22-16-10-5-4-9-15(16)21-19(23)18-17(11-6-12-20-18)24-13-14-7-2-1-3-8-14/h1-3,6-8,11-12,15-16,22H,4-5,9-10,13H2,(H,21,23). The van der Waals surface area contributed by atoms with E-state index in [1.807, 2.05) is 30.3 Å². The van der Waals surface area contributed by atoms with Crippen LogP contribution in [0.2, 0.25) is 0 Å². The monoisotopic (exact) mass is 326 g/mol. The van der Waals surface area contributed by atoms with Gasteiger partial charge in [0, 0.05) is 6.20 Å². The Bertz CT molecular complexity index is 675. The van der Waals surface area contributed by atoms with Crippen LogP contribution in [-0.4, -0.2) is 28.1 Å². The molecule has 2 atom stereocenters. The smallest absolute Gasteiger partial charge is 0.274 e. The predicted octanol–water partition coefficient (Wildman–Crippen LogP) is 2.69. The number of amides is 1. The van der Waals surface area contributed by atoms with Gasteiger partial charge in [0.15, 0.2) is 11.4 Å². The van der Waals surface area contributed by atoms with Crippen molar-refractivity contribution in [3.05, 3.63) is 59.9 Å². The molecule has 1 aliphatic carbocycles. The number of ether oxygens (including phenoxy) is 1. The number of hydrogen-bond acceptors (Lipinski definition) is 4. The van der Waals surface area contributed by atoms with Crippen molar-refractivity contribution in [1.29, 1.82) is 0 Å². The van der Waals surface area contributed by atoms with Crippen molar-refractivity contribution in [2.24, 2.45) is 0 Å². The van der Waals surface area contributed by atoms with Crippen LogP contribution in [0.5, 0.6) is 5.75 Å². The van der Waals surface area contributed by atoms with E-state index in [1.54, 1.807) is 18.3 Å². The summed E-state index contributed by atoms with van der Waals surface area (Å²) in [7, 11) is 0. The minimum absolute atomic E-state index is 0.213. The molecule has 0 spiro atoms. The van der Waals surface area contributed by atoms with E-state index in [9.17, 15) is 9.90 Å². The Morgan fingerprint density at radius 1 is 1.17 bits per heavy atom. The Morgan fingerprint density at radius 3 is 2.75 bits per heavy atom. The number of pyridine rings is 1. The van der Waals surface area contributed by atoms with Crippen LogP contribution < -0.4 is 10.1 Å². The van der Waals surface area contributed by atoms with Gasteiger partial charge in [0.1, 0.15) is 6.61 Å². The van der Waals surface area contributed by atoms with Crippen LogP contribution in [0.15, 0.2) is 48.7 Å². The Balaban J connectivity index is 1.67. The van der Waals surface area contributed by atoms with Gasteiger partial charge in [0.05, 0.1) is 12.1 Å². The molecule has 24 heavy (non-hydrogen) atoms. The van der Waals surface area contributed by atoms with E-state index >= 15 is 0 Å². The van der Waals surface area contributed by atoms with Crippen LogP contribution >= 0.6 is 0 Å². The van der Waals surface area contributed by atoms with Crippen LogP contribution in [0.25, 0.3) is 0 Å². The van der Waals surface area contributed by atoms with Gasteiger partial charge in [-0.2, -0.15) is 0 Å². The topological polar surface area (TPSA) is 71.5 Å². The first-order valence-electron chi connectivity index (χ1n) is 8.35. The van der Waals surface area contributed by atoms with E-state index in [2.05, 4.69) is 10.3 Å². The van der Waals surface area contributed by atoms with Crippen LogP contribution in [0.1, 0.15) is 41.7 Å². The third-order valence-electron chi connectivity index (χ3n) is 4.27. The molecule has 1 aromatic carbocycles. The fraction of sp³-hybridized carbons (Fsp3) is 0.368.